The molecule has 1 saturated carbocycles. The lowest BCUT2D eigenvalue weighted by atomic mass is 9.65. The molecule has 1 aliphatic rings. The first-order chi connectivity index (χ1) is 8.64. The SMILES string of the molecule is CC(C)[C@@H]1CC[C@@H](C)C[C@@]1(O)CCCCC(C)(C)O. The molecule has 1 fully saturated rings. The molecule has 2 N–H and O–H groups in total. The summed E-state index contributed by atoms with van der Waals surface area (Å²) < 4.78 is 0. The summed E-state index contributed by atoms with van der Waals surface area (Å²) in [6.07, 6.45) is 7.14. The van der Waals surface area contributed by atoms with E-state index in [1.165, 1.54) is 12.8 Å². The Hall–Kier alpha value is -0.0800. The largest absolute Gasteiger partial charge is 0.390 e. The Morgan fingerprint density at radius 2 is 1.84 bits per heavy atom. The highest BCUT2D eigenvalue weighted by Crippen LogP contribution is 2.43. The molecule has 114 valence electrons. The van der Waals surface area contributed by atoms with Crippen molar-refractivity contribution in [3.05, 3.63) is 0 Å². The smallest absolute Gasteiger partial charge is 0.0680 e. The highest BCUT2D eigenvalue weighted by molar-refractivity contribution is 4.93. The molecule has 0 saturated heterocycles. The molecule has 0 amide bonds. The van der Waals surface area contributed by atoms with Gasteiger partial charge in [-0.2, -0.15) is 0 Å². The maximum atomic E-state index is 11.0. The summed E-state index contributed by atoms with van der Waals surface area (Å²) in [6, 6.07) is 0. The first-order valence-corrected chi connectivity index (χ1v) is 8.09. The molecule has 3 atom stereocenters. The van der Waals surface area contributed by atoms with Crippen molar-refractivity contribution in [3.63, 3.8) is 0 Å². The Bertz CT molecular complexity index is 267. The second kappa shape index (κ2) is 6.58. The van der Waals surface area contributed by atoms with Crippen molar-refractivity contribution in [2.45, 2.75) is 90.8 Å². The monoisotopic (exact) mass is 270 g/mol. The summed E-state index contributed by atoms with van der Waals surface area (Å²) in [7, 11) is 0. The lowest BCUT2D eigenvalue weighted by Gasteiger charge is -2.45. The Balaban J connectivity index is 2.50. The minimum atomic E-state index is -0.570. The molecule has 0 aliphatic heterocycles. The van der Waals surface area contributed by atoms with E-state index >= 15 is 0 Å². The summed E-state index contributed by atoms with van der Waals surface area (Å²) in [4.78, 5) is 0. The second-order valence-corrected chi connectivity index (χ2v) is 7.86. The Kier molecular flexibility index (Phi) is 5.88. The van der Waals surface area contributed by atoms with Crippen molar-refractivity contribution in [2.75, 3.05) is 0 Å². The van der Waals surface area contributed by atoms with Gasteiger partial charge in [-0.15, -0.1) is 0 Å². The molecule has 0 radical (unpaired) electrons. The van der Waals surface area contributed by atoms with Gasteiger partial charge in [0, 0.05) is 0 Å². The summed E-state index contributed by atoms with van der Waals surface area (Å²) in [5.74, 6) is 1.66. The van der Waals surface area contributed by atoms with Crippen LogP contribution in [0.5, 0.6) is 0 Å². The van der Waals surface area contributed by atoms with E-state index in [0.29, 0.717) is 17.8 Å². The number of rotatable bonds is 6. The molecule has 0 spiro atoms. The van der Waals surface area contributed by atoms with Crippen molar-refractivity contribution in [3.8, 4) is 0 Å². The van der Waals surface area contributed by atoms with Crippen molar-refractivity contribution < 1.29 is 10.2 Å². The van der Waals surface area contributed by atoms with E-state index in [2.05, 4.69) is 20.8 Å². The molecule has 0 unspecified atom stereocenters. The number of hydrogen-bond donors (Lipinski definition) is 2. The van der Waals surface area contributed by atoms with Crippen molar-refractivity contribution in [1.82, 2.24) is 0 Å². The summed E-state index contributed by atoms with van der Waals surface area (Å²) in [5, 5.41) is 20.8. The van der Waals surface area contributed by atoms with Gasteiger partial charge in [0.25, 0.3) is 0 Å². The predicted octanol–water partition coefficient (Wildman–Crippen LogP) is 4.14. The van der Waals surface area contributed by atoms with Crippen LogP contribution in [0, 0.1) is 17.8 Å². The Labute approximate surface area is 119 Å². The first kappa shape index (κ1) is 17.0. The first-order valence-electron chi connectivity index (χ1n) is 8.09. The molecule has 0 heterocycles. The lowest BCUT2D eigenvalue weighted by Crippen LogP contribution is -2.45. The fourth-order valence-electron chi connectivity index (χ4n) is 3.82. The van der Waals surface area contributed by atoms with Gasteiger partial charge in [0.2, 0.25) is 0 Å². The van der Waals surface area contributed by atoms with Crippen LogP contribution in [0.4, 0.5) is 0 Å². The van der Waals surface area contributed by atoms with Crippen LogP contribution in [0.3, 0.4) is 0 Å². The molecule has 19 heavy (non-hydrogen) atoms. The molecule has 1 aliphatic carbocycles. The molecular weight excluding hydrogens is 236 g/mol. The van der Waals surface area contributed by atoms with Gasteiger partial charge in [0.05, 0.1) is 11.2 Å². The fraction of sp³-hybridized carbons (Fsp3) is 1.00. The summed E-state index contributed by atoms with van der Waals surface area (Å²) >= 11 is 0. The number of unbranched alkanes of at least 4 members (excludes halogenated alkanes) is 1. The van der Waals surface area contributed by atoms with Crippen LogP contribution in [0.2, 0.25) is 0 Å². The second-order valence-electron chi connectivity index (χ2n) is 7.86. The van der Waals surface area contributed by atoms with E-state index in [4.69, 9.17) is 0 Å². The van der Waals surface area contributed by atoms with Gasteiger partial charge in [-0.05, 0) is 57.3 Å². The van der Waals surface area contributed by atoms with Gasteiger partial charge in [-0.3, -0.25) is 0 Å². The van der Waals surface area contributed by atoms with Crippen LogP contribution >= 0.6 is 0 Å². The highest BCUT2D eigenvalue weighted by Gasteiger charge is 2.41. The minimum Gasteiger partial charge on any atom is -0.390 e. The summed E-state index contributed by atoms with van der Waals surface area (Å²) in [5.41, 5.74) is -1.04. The predicted molar refractivity (Wildman–Crippen MR) is 81.1 cm³/mol. The molecule has 0 aromatic heterocycles. The van der Waals surface area contributed by atoms with Crippen LogP contribution in [0.1, 0.15) is 79.6 Å². The van der Waals surface area contributed by atoms with Crippen molar-refractivity contribution in [2.24, 2.45) is 17.8 Å². The maximum absolute atomic E-state index is 11.0. The molecule has 0 bridgehead atoms. The molecule has 0 aromatic rings. The van der Waals surface area contributed by atoms with E-state index in [0.717, 1.165) is 32.1 Å². The van der Waals surface area contributed by atoms with Gasteiger partial charge in [-0.1, -0.05) is 40.0 Å². The summed E-state index contributed by atoms with van der Waals surface area (Å²) in [6.45, 7) is 10.5. The van der Waals surface area contributed by atoms with Crippen LogP contribution in [0.15, 0.2) is 0 Å². The van der Waals surface area contributed by atoms with Gasteiger partial charge < -0.3 is 10.2 Å². The van der Waals surface area contributed by atoms with Crippen LogP contribution < -0.4 is 0 Å². The van der Waals surface area contributed by atoms with Crippen LogP contribution in [0.25, 0.3) is 0 Å². The standard InChI is InChI=1S/C17H34O2/c1-13(2)15-9-8-14(3)12-17(15,19)11-7-6-10-16(4,5)18/h13-15,18-19H,6-12H2,1-5H3/t14-,15+,17+/m1/s1. The van der Waals surface area contributed by atoms with Crippen LogP contribution in [-0.2, 0) is 0 Å². The zero-order valence-electron chi connectivity index (χ0n) is 13.6. The Morgan fingerprint density at radius 3 is 2.37 bits per heavy atom. The lowest BCUT2D eigenvalue weighted by molar-refractivity contribution is -0.0877. The molecule has 1 rings (SSSR count). The van der Waals surface area contributed by atoms with Crippen molar-refractivity contribution >= 4 is 0 Å². The molecule has 0 aromatic carbocycles. The Morgan fingerprint density at radius 1 is 1.21 bits per heavy atom. The van der Waals surface area contributed by atoms with Gasteiger partial charge in [0.15, 0.2) is 0 Å². The average Bonchev–Trinajstić information content (AvgIpc) is 2.22. The normalized spacial score (nSPS) is 32.8. The number of hydrogen-bond acceptors (Lipinski definition) is 2. The highest BCUT2D eigenvalue weighted by atomic mass is 16.3. The molecular formula is C17H34O2. The molecule has 2 nitrogen and oxygen atoms in total. The third kappa shape index (κ3) is 5.43. The van der Waals surface area contributed by atoms with Gasteiger partial charge >= 0.3 is 0 Å². The maximum Gasteiger partial charge on any atom is 0.0680 e. The quantitative estimate of drug-likeness (QED) is 0.712. The minimum absolute atomic E-state index is 0.450. The van der Waals surface area contributed by atoms with Gasteiger partial charge in [0.1, 0.15) is 0 Å². The zero-order valence-corrected chi connectivity index (χ0v) is 13.6. The van der Waals surface area contributed by atoms with E-state index in [-0.39, 0.29) is 0 Å². The van der Waals surface area contributed by atoms with E-state index in [1.54, 1.807) is 0 Å². The fourth-order valence-corrected chi connectivity index (χ4v) is 3.82. The van der Waals surface area contributed by atoms with E-state index in [9.17, 15) is 10.2 Å². The number of aliphatic hydroxyl groups is 2. The molecule has 2 heteroatoms. The topological polar surface area (TPSA) is 40.5 Å². The zero-order chi connectivity index (χ0) is 14.7. The van der Waals surface area contributed by atoms with Crippen molar-refractivity contribution in [1.29, 1.82) is 0 Å². The average molecular weight is 270 g/mol. The third-order valence-corrected chi connectivity index (χ3v) is 4.82. The van der Waals surface area contributed by atoms with E-state index < -0.39 is 11.2 Å². The third-order valence-electron chi connectivity index (χ3n) is 4.82. The van der Waals surface area contributed by atoms with Gasteiger partial charge in [-0.25, -0.2) is 0 Å². The van der Waals surface area contributed by atoms with E-state index in [1.807, 2.05) is 13.8 Å². The van der Waals surface area contributed by atoms with Crippen LogP contribution in [-0.4, -0.2) is 21.4 Å².